The van der Waals surface area contributed by atoms with E-state index in [4.69, 9.17) is 16.0 Å². The molecule has 2 aromatic rings. The lowest BCUT2D eigenvalue weighted by atomic mass is 10.2. The van der Waals surface area contributed by atoms with Crippen LogP contribution in [0.15, 0.2) is 22.7 Å². The molecule has 1 saturated heterocycles. The monoisotopic (exact) mass is 400 g/mol. The van der Waals surface area contributed by atoms with Crippen LogP contribution in [0.1, 0.15) is 67.0 Å². The number of anilines is 1. The molecule has 0 aromatic carbocycles. The van der Waals surface area contributed by atoms with Crippen LogP contribution in [0.3, 0.4) is 0 Å². The summed E-state index contributed by atoms with van der Waals surface area (Å²) in [6.45, 7) is 4.55. The number of halogens is 1. The first-order chi connectivity index (χ1) is 13.6. The molecular weight excluding hydrogens is 376 g/mol. The van der Waals surface area contributed by atoms with Gasteiger partial charge in [0.25, 0.3) is 5.91 Å². The molecule has 3 heterocycles. The standard InChI is InChI=1S/C21H25ClN4O2/c1-13-10-16(13)18-7-6-15(28-18)12-26(14-4-5-14)20(27)19-17(22)11-23-21(24-19)25-8-2-3-9-25/h6-7,11,13-14,16H,2-5,8-10,12H2,1H3. The van der Waals surface area contributed by atoms with Gasteiger partial charge in [-0.2, -0.15) is 0 Å². The normalized spacial score (nSPS) is 23.9. The molecule has 0 bridgehead atoms. The third kappa shape index (κ3) is 3.50. The fourth-order valence-electron chi connectivity index (χ4n) is 4.03. The molecule has 0 radical (unpaired) electrons. The summed E-state index contributed by atoms with van der Waals surface area (Å²) in [4.78, 5) is 26.2. The van der Waals surface area contributed by atoms with E-state index >= 15 is 0 Å². The van der Waals surface area contributed by atoms with Crippen LogP contribution in [0.5, 0.6) is 0 Å². The maximum atomic E-state index is 13.3. The van der Waals surface area contributed by atoms with E-state index in [-0.39, 0.29) is 11.9 Å². The molecule has 2 unspecified atom stereocenters. The fraction of sp³-hybridized carbons (Fsp3) is 0.571. The SMILES string of the molecule is CC1CC1c1ccc(CN(C(=O)c2nc(N3CCCC3)ncc2Cl)C2CC2)o1. The van der Waals surface area contributed by atoms with Gasteiger partial charge in [-0.3, -0.25) is 4.79 Å². The minimum Gasteiger partial charge on any atom is -0.464 e. The van der Waals surface area contributed by atoms with Crippen molar-refractivity contribution in [2.75, 3.05) is 18.0 Å². The van der Waals surface area contributed by atoms with E-state index in [1.54, 1.807) is 6.20 Å². The Morgan fingerprint density at radius 1 is 1.32 bits per heavy atom. The van der Waals surface area contributed by atoms with Crippen molar-refractivity contribution in [1.29, 1.82) is 0 Å². The Kier molecular flexibility index (Phi) is 4.54. The minimum absolute atomic E-state index is 0.131. The van der Waals surface area contributed by atoms with Gasteiger partial charge in [-0.1, -0.05) is 18.5 Å². The lowest BCUT2D eigenvalue weighted by Gasteiger charge is -2.22. The quantitative estimate of drug-likeness (QED) is 0.725. The van der Waals surface area contributed by atoms with E-state index < -0.39 is 0 Å². The first kappa shape index (κ1) is 18.0. The minimum atomic E-state index is -0.131. The second-order valence-electron chi connectivity index (χ2n) is 8.35. The molecule has 7 heteroatoms. The Balaban J connectivity index is 1.37. The van der Waals surface area contributed by atoms with Gasteiger partial charge in [0.15, 0.2) is 5.69 Å². The zero-order valence-electron chi connectivity index (χ0n) is 16.1. The average Bonchev–Trinajstić information content (AvgIpc) is 3.54. The number of hydrogen-bond donors (Lipinski definition) is 0. The lowest BCUT2D eigenvalue weighted by molar-refractivity contribution is 0.0711. The maximum Gasteiger partial charge on any atom is 0.274 e. The Hall–Kier alpha value is -2.08. The van der Waals surface area contributed by atoms with Crippen LogP contribution in [0.4, 0.5) is 5.95 Å². The molecule has 0 spiro atoms. The molecule has 2 aromatic heterocycles. The van der Waals surface area contributed by atoms with Crippen LogP contribution in [-0.4, -0.2) is 39.9 Å². The number of carbonyl (C=O) groups is 1. The zero-order chi connectivity index (χ0) is 19.3. The van der Waals surface area contributed by atoms with Crippen molar-refractivity contribution in [3.05, 3.63) is 40.6 Å². The van der Waals surface area contributed by atoms with Crippen molar-refractivity contribution in [3.63, 3.8) is 0 Å². The number of amides is 1. The van der Waals surface area contributed by atoms with E-state index in [0.29, 0.717) is 35.0 Å². The summed E-state index contributed by atoms with van der Waals surface area (Å²) in [6.07, 6.45) is 7.03. The molecule has 0 N–H and O–H groups in total. The molecule has 2 aliphatic carbocycles. The number of rotatable bonds is 6. The first-order valence-electron chi connectivity index (χ1n) is 10.3. The molecule has 3 aliphatic rings. The highest BCUT2D eigenvalue weighted by Gasteiger charge is 2.38. The molecule has 2 saturated carbocycles. The summed E-state index contributed by atoms with van der Waals surface area (Å²) in [6, 6.07) is 4.30. The molecule has 1 aliphatic heterocycles. The van der Waals surface area contributed by atoms with E-state index in [1.165, 1.54) is 6.42 Å². The van der Waals surface area contributed by atoms with Gasteiger partial charge in [-0.15, -0.1) is 0 Å². The van der Waals surface area contributed by atoms with Crippen molar-refractivity contribution in [2.45, 2.75) is 57.5 Å². The Labute approximate surface area is 169 Å². The van der Waals surface area contributed by atoms with Gasteiger partial charge in [-0.05, 0) is 50.2 Å². The fourth-order valence-corrected chi connectivity index (χ4v) is 4.20. The average molecular weight is 401 g/mol. The topological polar surface area (TPSA) is 62.5 Å². The summed E-state index contributed by atoms with van der Waals surface area (Å²) in [5.74, 6) is 3.58. The van der Waals surface area contributed by atoms with Crippen molar-refractivity contribution in [3.8, 4) is 0 Å². The van der Waals surface area contributed by atoms with Crippen LogP contribution in [-0.2, 0) is 6.54 Å². The second-order valence-corrected chi connectivity index (χ2v) is 8.76. The van der Waals surface area contributed by atoms with Crippen LogP contribution < -0.4 is 4.90 Å². The molecule has 2 atom stereocenters. The van der Waals surface area contributed by atoms with Gasteiger partial charge in [0.1, 0.15) is 11.5 Å². The lowest BCUT2D eigenvalue weighted by Crippen LogP contribution is -2.34. The Bertz CT molecular complexity index is 888. The molecule has 6 nitrogen and oxygen atoms in total. The smallest absolute Gasteiger partial charge is 0.274 e. The highest BCUT2D eigenvalue weighted by Crippen LogP contribution is 2.47. The Morgan fingerprint density at radius 3 is 2.75 bits per heavy atom. The molecular formula is C21H25ClN4O2. The zero-order valence-corrected chi connectivity index (χ0v) is 16.9. The molecule has 5 rings (SSSR count). The van der Waals surface area contributed by atoms with E-state index in [1.807, 2.05) is 11.0 Å². The van der Waals surface area contributed by atoms with Crippen molar-refractivity contribution >= 4 is 23.5 Å². The summed E-state index contributed by atoms with van der Waals surface area (Å²) in [7, 11) is 0. The summed E-state index contributed by atoms with van der Waals surface area (Å²) < 4.78 is 6.04. The number of furan rings is 1. The first-order valence-corrected chi connectivity index (χ1v) is 10.6. The largest absolute Gasteiger partial charge is 0.464 e. The highest BCUT2D eigenvalue weighted by atomic mass is 35.5. The Morgan fingerprint density at radius 2 is 2.07 bits per heavy atom. The molecule has 3 fully saturated rings. The van der Waals surface area contributed by atoms with Crippen LogP contribution >= 0.6 is 11.6 Å². The van der Waals surface area contributed by atoms with E-state index in [9.17, 15) is 4.79 Å². The predicted octanol–water partition coefficient (Wildman–Crippen LogP) is 4.25. The van der Waals surface area contributed by atoms with E-state index in [2.05, 4.69) is 27.9 Å². The number of nitrogens with zero attached hydrogens (tertiary/aromatic N) is 4. The molecule has 1 amide bonds. The van der Waals surface area contributed by atoms with Gasteiger partial charge in [0.2, 0.25) is 5.95 Å². The summed E-state index contributed by atoms with van der Waals surface area (Å²) in [5.41, 5.74) is 0.299. The summed E-state index contributed by atoms with van der Waals surface area (Å²) in [5, 5.41) is 0.311. The predicted molar refractivity (Wildman–Crippen MR) is 107 cm³/mol. The third-order valence-electron chi connectivity index (χ3n) is 6.05. The number of hydrogen-bond acceptors (Lipinski definition) is 5. The second kappa shape index (κ2) is 7.07. The third-order valence-corrected chi connectivity index (χ3v) is 6.33. The van der Waals surface area contributed by atoms with Crippen LogP contribution in [0.25, 0.3) is 0 Å². The van der Waals surface area contributed by atoms with Crippen molar-refractivity contribution < 1.29 is 9.21 Å². The van der Waals surface area contributed by atoms with Crippen molar-refractivity contribution in [2.24, 2.45) is 5.92 Å². The van der Waals surface area contributed by atoms with E-state index in [0.717, 1.165) is 50.3 Å². The van der Waals surface area contributed by atoms with Crippen molar-refractivity contribution in [1.82, 2.24) is 14.9 Å². The van der Waals surface area contributed by atoms with Crippen LogP contribution in [0, 0.1) is 5.92 Å². The van der Waals surface area contributed by atoms with Gasteiger partial charge in [0.05, 0.1) is 17.8 Å². The molecule has 28 heavy (non-hydrogen) atoms. The number of carbonyl (C=O) groups excluding carboxylic acids is 1. The van der Waals surface area contributed by atoms with Crippen LogP contribution in [0.2, 0.25) is 5.02 Å². The van der Waals surface area contributed by atoms with Gasteiger partial charge < -0.3 is 14.2 Å². The highest BCUT2D eigenvalue weighted by molar-refractivity contribution is 6.33. The summed E-state index contributed by atoms with van der Waals surface area (Å²) >= 11 is 6.33. The van der Waals surface area contributed by atoms with Gasteiger partial charge in [0, 0.05) is 25.0 Å². The molecule has 148 valence electrons. The number of aromatic nitrogens is 2. The van der Waals surface area contributed by atoms with Gasteiger partial charge >= 0.3 is 0 Å². The maximum absolute atomic E-state index is 13.3. The van der Waals surface area contributed by atoms with Gasteiger partial charge in [-0.25, -0.2) is 9.97 Å².